The first-order chi connectivity index (χ1) is 7.91. The number of terminal acetylenes is 1. The van der Waals surface area contributed by atoms with E-state index in [-0.39, 0.29) is 0 Å². The minimum atomic E-state index is 0.372. The van der Waals surface area contributed by atoms with Gasteiger partial charge in [-0.1, -0.05) is 5.92 Å². The van der Waals surface area contributed by atoms with E-state index in [9.17, 15) is 0 Å². The Bertz CT molecular complexity index is 171. The summed E-state index contributed by atoms with van der Waals surface area (Å²) in [6.07, 6.45) is 5.02. The van der Waals surface area contributed by atoms with E-state index < -0.39 is 0 Å². The average molecular weight is 230 g/mol. The first-order valence-electron chi connectivity index (χ1n) is 5.49. The number of rotatable bonds is 12. The second-order valence-corrected chi connectivity index (χ2v) is 3.02. The van der Waals surface area contributed by atoms with Crippen LogP contribution in [0.25, 0.3) is 0 Å². The maximum Gasteiger partial charge on any atom is 0.107 e. The van der Waals surface area contributed by atoms with Crippen molar-refractivity contribution < 1.29 is 14.2 Å². The molecule has 0 rings (SSSR count). The predicted molar refractivity (Wildman–Crippen MR) is 63.2 cm³/mol. The van der Waals surface area contributed by atoms with Crippen LogP contribution in [0.5, 0.6) is 0 Å². The molecule has 0 saturated heterocycles. The fraction of sp³-hybridized carbons (Fsp3) is 0.818. The Labute approximate surface area is 97.6 Å². The highest BCUT2D eigenvalue weighted by atomic mass is 16.5. The molecule has 0 heterocycles. The smallest absolute Gasteiger partial charge is 0.107 e. The van der Waals surface area contributed by atoms with Crippen LogP contribution >= 0.6 is 0 Å². The molecule has 0 fully saturated rings. The van der Waals surface area contributed by atoms with Crippen molar-refractivity contribution in [3.8, 4) is 12.3 Å². The lowest BCUT2D eigenvalue weighted by Gasteiger charge is -2.06. The molecule has 0 aliphatic heterocycles. The van der Waals surface area contributed by atoms with Gasteiger partial charge in [-0.2, -0.15) is 0 Å². The highest BCUT2D eigenvalue weighted by Gasteiger charge is 1.90. The molecule has 3 N–H and O–H groups in total. The molecule has 5 heteroatoms. The summed E-state index contributed by atoms with van der Waals surface area (Å²) >= 11 is 0. The zero-order valence-electron chi connectivity index (χ0n) is 9.74. The van der Waals surface area contributed by atoms with Crippen molar-refractivity contribution in [2.24, 2.45) is 5.73 Å². The van der Waals surface area contributed by atoms with Gasteiger partial charge in [-0.15, -0.1) is 6.42 Å². The number of hydrogen-bond acceptors (Lipinski definition) is 5. The van der Waals surface area contributed by atoms with Crippen LogP contribution in [-0.4, -0.2) is 59.3 Å². The highest BCUT2D eigenvalue weighted by Crippen LogP contribution is 1.77. The summed E-state index contributed by atoms with van der Waals surface area (Å²) in [4.78, 5) is 0. The molecule has 0 radical (unpaired) electrons. The lowest BCUT2D eigenvalue weighted by molar-refractivity contribution is 0.0513. The zero-order valence-corrected chi connectivity index (χ0v) is 9.74. The van der Waals surface area contributed by atoms with Gasteiger partial charge in [-0.05, 0) is 0 Å². The van der Waals surface area contributed by atoms with Crippen LogP contribution in [0.4, 0.5) is 0 Å². The second kappa shape index (κ2) is 14.4. The van der Waals surface area contributed by atoms with E-state index in [1.165, 1.54) is 0 Å². The Balaban J connectivity index is 2.86. The van der Waals surface area contributed by atoms with Gasteiger partial charge in [0.2, 0.25) is 0 Å². The first kappa shape index (κ1) is 15.4. The number of hydrogen-bond donors (Lipinski definition) is 2. The van der Waals surface area contributed by atoms with Crippen LogP contribution in [0.1, 0.15) is 0 Å². The zero-order chi connectivity index (χ0) is 11.9. The Kier molecular flexibility index (Phi) is 13.8. The number of ether oxygens (including phenoxy) is 3. The lowest BCUT2D eigenvalue weighted by atomic mass is 10.6. The Morgan fingerprint density at radius 3 is 2.19 bits per heavy atom. The van der Waals surface area contributed by atoms with Gasteiger partial charge in [-0.3, -0.25) is 0 Å². The van der Waals surface area contributed by atoms with Gasteiger partial charge in [0.15, 0.2) is 0 Å². The van der Waals surface area contributed by atoms with Crippen molar-refractivity contribution >= 4 is 0 Å². The summed E-state index contributed by atoms with van der Waals surface area (Å²) < 4.78 is 15.5. The van der Waals surface area contributed by atoms with E-state index in [1.807, 2.05) is 0 Å². The van der Waals surface area contributed by atoms with Gasteiger partial charge in [0.05, 0.1) is 33.0 Å². The normalized spacial score (nSPS) is 10.2. The Morgan fingerprint density at radius 2 is 1.56 bits per heavy atom. The van der Waals surface area contributed by atoms with Crippen molar-refractivity contribution in [3.05, 3.63) is 0 Å². The molecule has 0 aromatic rings. The minimum absolute atomic E-state index is 0.372. The van der Waals surface area contributed by atoms with Crippen LogP contribution in [-0.2, 0) is 14.2 Å². The SMILES string of the molecule is C#CCOCCNCCOCCOCCN. The molecule has 16 heavy (non-hydrogen) atoms. The van der Waals surface area contributed by atoms with Gasteiger partial charge in [0, 0.05) is 19.6 Å². The monoisotopic (exact) mass is 230 g/mol. The molecule has 0 bridgehead atoms. The molecule has 0 aromatic carbocycles. The van der Waals surface area contributed by atoms with E-state index in [2.05, 4.69) is 11.2 Å². The van der Waals surface area contributed by atoms with Crippen LogP contribution in [0.3, 0.4) is 0 Å². The molecule has 0 spiro atoms. The molecule has 0 aromatic heterocycles. The predicted octanol–water partition coefficient (Wildman–Crippen LogP) is -0.782. The summed E-state index contributed by atoms with van der Waals surface area (Å²) in [5.41, 5.74) is 5.26. The van der Waals surface area contributed by atoms with Crippen molar-refractivity contribution in [1.29, 1.82) is 0 Å². The highest BCUT2D eigenvalue weighted by molar-refractivity contribution is 4.82. The quantitative estimate of drug-likeness (QED) is 0.340. The van der Waals surface area contributed by atoms with Crippen LogP contribution in [0, 0.1) is 12.3 Å². The molecule has 0 aliphatic carbocycles. The van der Waals surface area contributed by atoms with Gasteiger partial charge in [0.1, 0.15) is 6.61 Å². The maximum atomic E-state index is 5.31. The molecular weight excluding hydrogens is 208 g/mol. The molecule has 0 saturated carbocycles. The first-order valence-corrected chi connectivity index (χ1v) is 5.49. The number of nitrogens with two attached hydrogens (primary N) is 1. The standard InChI is InChI=1S/C11H22N2O3/c1-2-6-14-8-4-13-5-9-16-11-10-15-7-3-12/h1,13H,3-12H2. The third kappa shape index (κ3) is 13.4. The summed E-state index contributed by atoms with van der Waals surface area (Å²) in [7, 11) is 0. The molecule has 94 valence electrons. The molecule has 5 nitrogen and oxygen atoms in total. The Hall–Kier alpha value is -0.640. The van der Waals surface area contributed by atoms with Crippen LogP contribution in [0.2, 0.25) is 0 Å². The number of nitrogens with one attached hydrogen (secondary N) is 1. The van der Waals surface area contributed by atoms with Gasteiger partial charge < -0.3 is 25.3 Å². The summed E-state index contributed by atoms with van der Waals surface area (Å²) in [6, 6.07) is 0. The maximum absolute atomic E-state index is 5.31. The van der Waals surface area contributed by atoms with Crippen molar-refractivity contribution in [2.45, 2.75) is 0 Å². The summed E-state index contributed by atoms with van der Waals surface area (Å²) in [6.45, 7) is 5.61. The van der Waals surface area contributed by atoms with Gasteiger partial charge in [-0.25, -0.2) is 0 Å². The molecule has 0 unspecified atom stereocenters. The average Bonchev–Trinajstić information content (AvgIpc) is 2.31. The second-order valence-electron chi connectivity index (χ2n) is 3.02. The fourth-order valence-corrected chi connectivity index (χ4v) is 0.950. The molecule has 0 amide bonds. The summed E-state index contributed by atoms with van der Waals surface area (Å²) in [5.74, 6) is 2.41. The fourth-order valence-electron chi connectivity index (χ4n) is 0.950. The van der Waals surface area contributed by atoms with E-state index in [0.717, 1.165) is 13.1 Å². The van der Waals surface area contributed by atoms with Crippen molar-refractivity contribution in [1.82, 2.24) is 5.32 Å². The van der Waals surface area contributed by atoms with Crippen molar-refractivity contribution in [3.63, 3.8) is 0 Å². The van der Waals surface area contributed by atoms with E-state index in [1.54, 1.807) is 0 Å². The van der Waals surface area contributed by atoms with E-state index in [0.29, 0.717) is 46.2 Å². The van der Waals surface area contributed by atoms with Gasteiger partial charge in [0.25, 0.3) is 0 Å². The largest absolute Gasteiger partial charge is 0.378 e. The topological polar surface area (TPSA) is 65.7 Å². The Morgan fingerprint density at radius 1 is 0.938 bits per heavy atom. The lowest BCUT2D eigenvalue weighted by Crippen LogP contribution is -2.24. The molecule has 0 atom stereocenters. The van der Waals surface area contributed by atoms with Gasteiger partial charge >= 0.3 is 0 Å². The summed E-state index contributed by atoms with van der Waals surface area (Å²) in [5, 5.41) is 3.17. The third-order valence-electron chi connectivity index (χ3n) is 1.67. The minimum Gasteiger partial charge on any atom is -0.378 e. The molecular formula is C11H22N2O3. The van der Waals surface area contributed by atoms with E-state index >= 15 is 0 Å². The van der Waals surface area contributed by atoms with E-state index in [4.69, 9.17) is 26.4 Å². The van der Waals surface area contributed by atoms with Crippen molar-refractivity contribution in [2.75, 3.05) is 59.3 Å². The van der Waals surface area contributed by atoms with Crippen LogP contribution < -0.4 is 11.1 Å². The van der Waals surface area contributed by atoms with Crippen LogP contribution in [0.15, 0.2) is 0 Å². The molecule has 0 aliphatic rings. The third-order valence-corrected chi connectivity index (χ3v) is 1.67.